The first-order valence-electron chi connectivity index (χ1n) is 6.20. The smallest absolute Gasteiger partial charge is 0.258 e. The molecule has 2 rings (SSSR count). The molecule has 2 aromatic rings. The predicted molar refractivity (Wildman–Crippen MR) is 74.9 cm³/mol. The van der Waals surface area contributed by atoms with Gasteiger partial charge in [0.15, 0.2) is 0 Å². The molecule has 1 N–H and O–H groups in total. The van der Waals surface area contributed by atoms with Crippen molar-refractivity contribution < 1.29 is 13.6 Å². The highest BCUT2D eigenvalue weighted by atomic mass is 19.1. The number of aryl methyl sites for hydroxylation is 2. The van der Waals surface area contributed by atoms with Gasteiger partial charge in [0, 0.05) is 6.07 Å². The first kappa shape index (κ1) is 14.7. The Labute approximate surface area is 120 Å². The highest BCUT2D eigenvalue weighted by Crippen LogP contribution is 2.21. The molecule has 3 nitrogen and oxygen atoms in total. The molecule has 21 heavy (non-hydrogen) atoms. The second kappa shape index (κ2) is 5.71. The third kappa shape index (κ3) is 2.90. The quantitative estimate of drug-likeness (QED) is 0.915. The molecule has 0 bridgehead atoms. The van der Waals surface area contributed by atoms with Gasteiger partial charge in [0.25, 0.3) is 5.91 Å². The Morgan fingerprint density at radius 2 is 1.86 bits per heavy atom. The molecule has 0 aromatic heterocycles. The lowest BCUT2D eigenvalue weighted by atomic mass is 10.1. The Morgan fingerprint density at radius 1 is 1.14 bits per heavy atom. The minimum atomic E-state index is -0.943. The number of nitriles is 1. The van der Waals surface area contributed by atoms with Gasteiger partial charge in [-0.25, -0.2) is 8.78 Å². The lowest BCUT2D eigenvalue weighted by Gasteiger charge is -2.10. The second-order valence-corrected chi connectivity index (χ2v) is 4.64. The first-order chi connectivity index (χ1) is 9.93. The van der Waals surface area contributed by atoms with Crippen LogP contribution in [0.1, 0.15) is 27.0 Å². The van der Waals surface area contributed by atoms with Crippen molar-refractivity contribution in [3.8, 4) is 6.07 Å². The fourth-order valence-corrected chi connectivity index (χ4v) is 1.94. The molecule has 0 unspecified atom stereocenters. The maximum atomic E-state index is 13.7. The minimum Gasteiger partial charge on any atom is -0.321 e. The second-order valence-electron chi connectivity index (χ2n) is 4.64. The number of carbonyl (C=O) groups is 1. The lowest BCUT2D eigenvalue weighted by molar-refractivity contribution is 0.102. The van der Waals surface area contributed by atoms with Gasteiger partial charge in [-0.05, 0) is 37.1 Å². The summed E-state index contributed by atoms with van der Waals surface area (Å²) >= 11 is 0. The first-order valence-corrected chi connectivity index (χ1v) is 6.20. The number of anilines is 1. The van der Waals surface area contributed by atoms with E-state index in [-0.39, 0.29) is 11.1 Å². The molecule has 0 spiro atoms. The van der Waals surface area contributed by atoms with Gasteiger partial charge < -0.3 is 5.32 Å². The van der Waals surface area contributed by atoms with E-state index in [0.717, 1.165) is 6.07 Å². The van der Waals surface area contributed by atoms with Crippen LogP contribution in [-0.4, -0.2) is 5.91 Å². The molecule has 106 valence electrons. The van der Waals surface area contributed by atoms with Gasteiger partial charge in [-0.2, -0.15) is 5.26 Å². The van der Waals surface area contributed by atoms with Crippen molar-refractivity contribution in [3.05, 3.63) is 64.2 Å². The Balaban J connectivity index is 2.38. The van der Waals surface area contributed by atoms with Gasteiger partial charge in [0.1, 0.15) is 17.7 Å². The van der Waals surface area contributed by atoms with Gasteiger partial charge >= 0.3 is 0 Å². The van der Waals surface area contributed by atoms with Crippen molar-refractivity contribution in [2.24, 2.45) is 0 Å². The Bertz CT molecular complexity index is 764. The molecular formula is C16H12F2N2O. The van der Waals surface area contributed by atoms with E-state index in [0.29, 0.717) is 22.9 Å². The molecule has 0 aliphatic rings. The number of nitrogens with one attached hydrogen (secondary N) is 1. The molecule has 0 atom stereocenters. The number of amides is 1. The Kier molecular flexibility index (Phi) is 3.99. The summed E-state index contributed by atoms with van der Waals surface area (Å²) in [6.07, 6.45) is 0. The standard InChI is InChI=1S/C16H12F2N2O/c1-9-4-3-5-15(12(9)8-19)20-16(21)11-6-10(2)13(17)7-14(11)18/h3-7H,1-2H3,(H,20,21). The van der Waals surface area contributed by atoms with E-state index in [1.54, 1.807) is 25.1 Å². The minimum absolute atomic E-state index is 0.172. The van der Waals surface area contributed by atoms with Crippen LogP contribution in [0.15, 0.2) is 30.3 Å². The van der Waals surface area contributed by atoms with Crippen LogP contribution in [0.5, 0.6) is 0 Å². The van der Waals surface area contributed by atoms with Gasteiger partial charge in [-0.3, -0.25) is 4.79 Å². The van der Waals surface area contributed by atoms with Crippen LogP contribution in [-0.2, 0) is 0 Å². The third-order valence-corrected chi connectivity index (χ3v) is 3.13. The van der Waals surface area contributed by atoms with Crippen LogP contribution in [0.2, 0.25) is 0 Å². The average molecular weight is 286 g/mol. The van der Waals surface area contributed by atoms with E-state index in [9.17, 15) is 13.6 Å². The summed E-state index contributed by atoms with van der Waals surface area (Å²) in [6, 6.07) is 8.77. The largest absolute Gasteiger partial charge is 0.321 e. The summed E-state index contributed by atoms with van der Waals surface area (Å²) in [5.41, 5.74) is 1.21. The summed E-state index contributed by atoms with van der Waals surface area (Å²) in [4.78, 5) is 12.1. The fourth-order valence-electron chi connectivity index (χ4n) is 1.94. The molecular weight excluding hydrogens is 274 g/mol. The molecule has 0 heterocycles. The van der Waals surface area contributed by atoms with Gasteiger partial charge in [-0.15, -0.1) is 0 Å². The number of hydrogen-bond acceptors (Lipinski definition) is 2. The number of hydrogen-bond donors (Lipinski definition) is 1. The molecule has 5 heteroatoms. The van der Waals surface area contributed by atoms with Crippen LogP contribution in [0.25, 0.3) is 0 Å². The van der Waals surface area contributed by atoms with Crippen molar-refractivity contribution in [1.82, 2.24) is 0 Å². The zero-order valence-electron chi connectivity index (χ0n) is 11.5. The molecule has 1 amide bonds. The normalized spacial score (nSPS) is 10.0. The van der Waals surface area contributed by atoms with Crippen molar-refractivity contribution in [2.75, 3.05) is 5.32 Å². The molecule has 0 saturated carbocycles. The fraction of sp³-hybridized carbons (Fsp3) is 0.125. The number of carbonyl (C=O) groups excluding carboxylic acids is 1. The van der Waals surface area contributed by atoms with Gasteiger partial charge in [0.2, 0.25) is 0 Å². The van der Waals surface area contributed by atoms with Crippen molar-refractivity contribution in [3.63, 3.8) is 0 Å². The Hall–Kier alpha value is -2.74. The average Bonchev–Trinajstić information content (AvgIpc) is 2.43. The summed E-state index contributed by atoms with van der Waals surface area (Å²) < 4.78 is 26.9. The zero-order chi connectivity index (χ0) is 15.6. The van der Waals surface area contributed by atoms with Crippen LogP contribution < -0.4 is 5.32 Å². The van der Waals surface area contributed by atoms with Crippen LogP contribution in [0, 0.1) is 36.8 Å². The Morgan fingerprint density at radius 3 is 2.52 bits per heavy atom. The molecule has 0 radical (unpaired) electrons. The summed E-state index contributed by atoms with van der Waals surface area (Å²) in [7, 11) is 0. The number of nitrogens with zero attached hydrogens (tertiary/aromatic N) is 1. The van der Waals surface area contributed by atoms with Crippen LogP contribution in [0.4, 0.5) is 14.5 Å². The lowest BCUT2D eigenvalue weighted by Crippen LogP contribution is -2.15. The number of halogens is 2. The summed E-state index contributed by atoms with van der Waals surface area (Å²) in [5, 5.41) is 11.6. The summed E-state index contributed by atoms with van der Waals surface area (Å²) in [6.45, 7) is 3.18. The van der Waals surface area contributed by atoms with Gasteiger partial charge in [0.05, 0.1) is 16.8 Å². The van der Waals surface area contributed by atoms with Crippen LogP contribution in [0.3, 0.4) is 0 Å². The molecule has 0 aliphatic heterocycles. The number of benzene rings is 2. The van der Waals surface area contributed by atoms with E-state index in [4.69, 9.17) is 5.26 Å². The van der Waals surface area contributed by atoms with E-state index in [1.165, 1.54) is 6.92 Å². The molecule has 0 aliphatic carbocycles. The predicted octanol–water partition coefficient (Wildman–Crippen LogP) is 3.71. The zero-order valence-corrected chi connectivity index (χ0v) is 11.5. The molecule has 0 fully saturated rings. The SMILES string of the molecule is Cc1cc(C(=O)Nc2cccc(C)c2C#N)c(F)cc1F. The topological polar surface area (TPSA) is 52.9 Å². The monoisotopic (exact) mass is 286 g/mol. The van der Waals surface area contributed by atoms with Crippen LogP contribution >= 0.6 is 0 Å². The maximum absolute atomic E-state index is 13.7. The van der Waals surface area contributed by atoms with Crippen molar-refractivity contribution in [2.45, 2.75) is 13.8 Å². The van der Waals surface area contributed by atoms with Crippen molar-refractivity contribution >= 4 is 11.6 Å². The third-order valence-electron chi connectivity index (χ3n) is 3.13. The van der Waals surface area contributed by atoms with E-state index >= 15 is 0 Å². The highest BCUT2D eigenvalue weighted by Gasteiger charge is 2.16. The molecule has 2 aromatic carbocycles. The maximum Gasteiger partial charge on any atom is 0.258 e. The van der Waals surface area contributed by atoms with Crippen molar-refractivity contribution in [1.29, 1.82) is 5.26 Å². The van der Waals surface area contributed by atoms with E-state index < -0.39 is 17.5 Å². The number of rotatable bonds is 2. The molecule has 0 saturated heterocycles. The van der Waals surface area contributed by atoms with Gasteiger partial charge in [-0.1, -0.05) is 12.1 Å². The highest BCUT2D eigenvalue weighted by molar-refractivity contribution is 6.05. The summed E-state index contributed by atoms with van der Waals surface area (Å²) in [5.74, 6) is -2.38. The van der Waals surface area contributed by atoms with E-state index in [2.05, 4.69) is 5.32 Å². The van der Waals surface area contributed by atoms with E-state index in [1.807, 2.05) is 6.07 Å².